The lowest BCUT2D eigenvalue weighted by Gasteiger charge is -2.15. The quantitative estimate of drug-likeness (QED) is 0.419. The van der Waals surface area contributed by atoms with Gasteiger partial charge in [0.05, 0.1) is 7.11 Å². The molecule has 6 nitrogen and oxygen atoms in total. The van der Waals surface area contributed by atoms with Gasteiger partial charge in [-0.15, -0.1) is 15.6 Å². The van der Waals surface area contributed by atoms with Crippen LogP contribution >= 0.6 is 0 Å². The summed E-state index contributed by atoms with van der Waals surface area (Å²) < 4.78 is 48.1. The minimum absolute atomic E-state index is 0.684. The summed E-state index contributed by atoms with van der Waals surface area (Å²) in [5.74, 6) is 1.52. The zero-order chi connectivity index (χ0) is 19.4. The van der Waals surface area contributed by atoms with Gasteiger partial charge in [0, 0.05) is 11.6 Å². The van der Waals surface area contributed by atoms with E-state index < -0.39 is 7.25 Å². The molecule has 0 bridgehead atoms. The fraction of sp³-hybridized carbons (Fsp3) is 0.0625. The number of hydrogen-bond acceptors (Lipinski definition) is 4. The van der Waals surface area contributed by atoms with Gasteiger partial charge < -0.3 is 22.0 Å². The molecule has 27 heavy (non-hydrogen) atoms. The molecule has 0 amide bonds. The van der Waals surface area contributed by atoms with E-state index in [1.807, 2.05) is 64.0 Å². The molecule has 1 aromatic heterocycles. The van der Waals surface area contributed by atoms with Gasteiger partial charge in [0.15, 0.2) is 0 Å². The molecule has 0 saturated carbocycles. The highest BCUT2D eigenvalue weighted by atomic mass is 19.5. The van der Waals surface area contributed by atoms with E-state index in [9.17, 15) is 17.3 Å². The van der Waals surface area contributed by atoms with Crippen LogP contribution in [0, 0.1) is 0 Å². The number of rotatable bonds is 2. The van der Waals surface area contributed by atoms with Crippen molar-refractivity contribution in [3.63, 3.8) is 0 Å². The van der Waals surface area contributed by atoms with Gasteiger partial charge in [0.25, 0.3) is 11.6 Å². The zero-order valence-electron chi connectivity index (χ0n) is 14.1. The Morgan fingerprint density at radius 2 is 1.74 bits per heavy atom. The third kappa shape index (κ3) is 4.63. The first-order valence-corrected chi connectivity index (χ1v) is 7.77. The highest BCUT2D eigenvalue weighted by molar-refractivity contribution is 6.50. The molecule has 1 aliphatic heterocycles. The van der Waals surface area contributed by atoms with Gasteiger partial charge in [0.2, 0.25) is 6.21 Å². The number of ether oxygens (including phenoxy) is 1. The Kier molecular flexibility index (Phi) is 5.10. The summed E-state index contributed by atoms with van der Waals surface area (Å²) in [4.78, 5) is 0. The van der Waals surface area contributed by atoms with E-state index in [2.05, 4.69) is 15.6 Å². The zero-order valence-corrected chi connectivity index (χ0v) is 14.1. The second-order valence-corrected chi connectivity index (χ2v) is 5.39. The summed E-state index contributed by atoms with van der Waals surface area (Å²) in [6.45, 7) is 0. The predicted molar refractivity (Wildman–Crippen MR) is 93.2 cm³/mol. The second-order valence-electron chi connectivity index (χ2n) is 5.39. The SMILES string of the molecule is COc1ccc(/C=[N+]2\Nc3nncn3-c3ccccc32)cc1.F[B-](F)(F)F. The van der Waals surface area contributed by atoms with Crippen molar-refractivity contribution in [2.75, 3.05) is 12.5 Å². The lowest BCUT2D eigenvalue weighted by molar-refractivity contribution is -0.401. The maximum Gasteiger partial charge on any atom is 0.673 e. The van der Waals surface area contributed by atoms with Crippen molar-refractivity contribution >= 4 is 25.1 Å². The topological polar surface area (TPSA) is 55.0 Å². The molecule has 0 atom stereocenters. The number of hydrazone groups is 1. The molecule has 11 heteroatoms. The van der Waals surface area contributed by atoms with Gasteiger partial charge in [-0.05, 0) is 30.3 Å². The monoisotopic (exact) mass is 379 g/mol. The minimum atomic E-state index is -6.00. The molecule has 2 heterocycles. The van der Waals surface area contributed by atoms with Crippen molar-refractivity contribution in [2.24, 2.45) is 0 Å². The maximum absolute atomic E-state index is 9.75. The van der Waals surface area contributed by atoms with E-state index in [0.717, 1.165) is 22.7 Å². The molecule has 3 aromatic rings. The number of anilines is 1. The maximum atomic E-state index is 9.75. The van der Waals surface area contributed by atoms with Crippen LogP contribution in [0.25, 0.3) is 5.69 Å². The lowest BCUT2D eigenvalue weighted by Crippen LogP contribution is -2.24. The lowest BCUT2D eigenvalue weighted by atomic mass is 10.2. The summed E-state index contributed by atoms with van der Waals surface area (Å²) in [6.07, 6.45) is 3.71. The number of methoxy groups -OCH3 is 1. The van der Waals surface area contributed by atoms with E-state index in [1.165, 1.54) is 0 Å². The van der Waals surface area contributed by atoms with E-state index in [-0.39, 0.29) is 0 Å². The number of benzene rings is 2. The first kappa shape index (κ1) is 18.4. The van der Waals surface area contributed by atoms with Crippen molar-refractivity contribution in [3.8, 4) is 11.4 Å². The van der Waals surface area contributed by atoms with Gasteiger partial charge >= 0.3 is 7.25 Å². The number of hydrazine groups is 1. The van der Waals surface area contributed by atoms with Gasteiger partial charge in [-0.1, -0.05) is 16.8 Å². The molecule has 1 aliphatic rings. The van der Waals surface area contributed by atoms with E-state index >= 15 is 0 Å². The highest BCUT2D eigenvalue weighted by Gasteiger charge is 2.26. The first-order chi connectivity index (χ1) is 12.8. The van der Waals surface area contributed by atoms with Crippen LogP contribution in [0.15, 0.2) is 54.9 Å². The number of nitrogens with one attached hydrogen (secondary N) is 1. The van der Waals surface area contributed by atoms with Gasteiger partial charge in [-0.2, -0.15) is 0 Å². The smallest absolute Gasteiger partial charge is 0.497 e. The van der Waals surface area contributed by atoms with Crippen molar-refractivity contribution < 1.29 is 26.7 Å². The van der Waals surface area contributed by atoms with Crippen molar-refractivity contribution in [1.82, 2.24) is 14.8 Å². The molecule has 0 unspecified atom stereocenters. The van der Waals surface area contributed by atoms with Crippen LogP contribution in [0.4, 0.5) is 28.9 Å². The predicted octanol–water partition coefficient (Wildman–Crippen LogP) is 3.68. The van der Waals surface area contributed by atoms with E-state index in [0.29, 0.717) is 5.95 Å². The molecule has 0 aliphatic carbocycles. The number of nitrogens with zero attached hydrogens (tertiary/aromatic N) is 4. The minimum Gasteiger partial charge on any atom is -0.497 e. The Bertz CT molecular complexity index is 950. The molecule has 0 fully saturated rings. The summed E-state index contributed by atoms with van der Waals surface area (Å²) >= 11 is 0. The Morgan fingerprint density at radius 3 is 2.41 bits per heavy atom. The third-order valence-electron chi connectivity index (χ3n) is 3.56. The Morgan fingerprint density at radius 1 is 1.07 bits per heavy atom. The number of halogens is 4. The average molecular weight is 379 g/mol. The van der Waals surface area contributed by atoms with Crippen LogP contribution in [0.2, 0.25) is 0 Å². The van der Waals surface area contributed by atoms with Crippen LogP contribution in [0.5, 0.6) is 5.75 Å². The van der Waals surface area contributed by atoms with Gasteiger partial charge in [-0.25, -0.2) is 0 Å². The second kappa shape index (κ2) is 7.48. The number of fused-ring (bicyclic) bond motifs is 3. The van der Waals surface area contributed by atoms with Crippen LogP contribution in [0.1, 0.15) is 5.56 Å². The third-order valence-corrected chi connectivity index (χ3v) is 3.56. The van der Waals surface area contributed by atoms with Crippen molar-refractivity contribution in [3.05, 3.63) is 60.4 Å². The fourth-order valence-electron chi connectivity index (χ4n) is 2.47. The van der Waals surface area contributed by atoms with E-state index in [4.69, 9.17) is 4.74 Å². The fourth-order valence-corrected chi connectivity index (χ4v) is 2.47. The average Bonchev–Trinajstić information content (AvgIpc) is 3.10. The van der Waals surface area contributed by atoms with Crippen LogP contribution in [-0.2, 0) is 0 Å². The Balaban J connectivity index is 0.000000376. The normalized spacial score (nSPS) is 13.7. The number of aromatic nitrogens is 3. The molecular formula is C16H14BF4N5O. The van der Waals surface area contributed by atoms with Gasteiger partial charge in [0.1, 0.15) is 17.8 Å². The van der Waals surface area contributed by atoms with E-state index in [1.54, 1.807) is 13.4 Å². The summed E-state index contributed by atoms with van der Waals surface area (Å²) in [6, 6.07) is 16.0. The van der Waals surface area contributed by atoms with Crippen LogP contribution in [0.3, 0.4) is 0 Å². The Labute approximate surface area is 151 Å². The molecule has 0 spiro atoms. The number of para-hydroxylation sites is 2. The van der Waals surface area contributed by atoms with Crippen molar-refractivity contribution in [1.29, 1.82) is 0 Å². The largest absolute Gasteiger partial charge is 0.673 e. The molecule has 140 valence electrons. The van der Waals surface area contributed by atoms with Crippen LogP contribution in [-0.4, -0.2) is 40.0 Å². The molecular weight excluding hydrogens is 365 g/mol. The van der Waals surface area contributed by atoms with Crippen LogP contribution < -0.4 is 10.2 Å². The molecule has 1 N–H and O–H groups in total. The summed E-state index contributed by atoms with van der Waals surface area (Å²) in [5.41, 5.74) is 6.36. The Hall–Kier alpha value is -3.37. The van der Waals surface area contributed by atoms with Crippen molar-refractivity contribution in [2.45, 2.75) is 0 Å². The molecule has 4 rings (SSSR count). The molecule has 0 saturated heterocycles. The summed E-state index contributed by atoms with van der Waals surface area (Å²) in [7, 11) is -4.34. The summed E-state index contributed by atoms with van der Waals surface area (Å²) in [5, 5.41) is 8.06. The van der Waals surface area contributed by atoms with Gasteiger partial charge in [-0.3, -0.25) is 4.57 Å². The standard InChI is InChI=1S/C16H14N5O.BF4/c1-22-13-8-6-12(7-9-13)10-21-15-5-3-2-4-14(15)20-11-17-18-16(20)19-21;2-1(3,4)5/h2-11H,1H3,(H,18,19);/q+1;-1/b21-10-;. The molecule has 0 radical (unpaired) electrons. The number of hydrogen-bond donors (Lipinski definition) is 1. The molecule has 2 aromatic carbocycles. The highest BCUT2D eigenvalue weighted by Crippen LogP contribution is 2.29. The first-order valence-electron chi connectivity index (χ1n) is 7.77.